The van der Waals surface area contributed by atoms with Gasteiger partial charge in [0.15, 0.2) is 5.96 Å². The first-order valence-corrected chi connectivity index (χ1v) is 10.5. The lowest BCUT2D eigenvalue weighted by Crippen LogP contribution is -2.43. The van der Waals surface area contributed by atoms with Crippen molar-refractivity contribution >= 4 is 41.7 Å². The molecule has 3 rings (SSSR count). The molecule has 26 heavy (non-hydrogen) atoms. The van der Waals surface area contributed by atoms with E-state index in [1.54, 1.807) is 0 Å². The summed E-state index contributed by atoms with van der Waals surface area (Å²) in [5.41, 5.74) is 2.72. The molecule has 0 bridgehead atoms. The minimum absolute atomic E-state index is 0. The van der Waals surface area contributed by atoms with Crippen LogP contribution in [0.2, 0.25) is 0 Å². The Balaban J connectivity index is 0.00000243. The number of hydrogen-bond donors (Lipinski definition) is 2. The second kappa shape index (κ2) is 10.8. The molecule has 2 heterocycles. The van der Waals surface area contributed by atoms with E-state index >= 15 is 0 Å². The van der Waals surface area contributed by atoms with Gasteiger partial charge >= 0.3 is 0 Å². The molecule has 0 radical (unpaired) electrons. The number of benzene rings is 1. The van der Waals surface area contributed by atoms with Gasteiger partial charge in [0.25, 0.3) is 0 Å². The largest absolute Gasteiger partial charge is 0.355 e. The molecular formula is C20H33IN4S. The summed E-state index contributed by atoms with van der Waals surface area (Å²) in [5, 5.41) is 6.93. The number of likely N-dealkylation sites (tertiary alicyclic amines) is 1. The van der Waals surface area contributed by atoms with E-state index in [1.165, 1.54) is 55.7 Å². The van der Waals surface area contributed by atoms with Crippen molar-refractivity contribution in [3.05, 3.63) is 35.4 Å². The molecule has 2 saturated heterocycles. The van der Waals surface area contributed by atoms with E-state index in [1.807, 2.05) is 7.05 Å². The quantitative estimate of drug-likeness (QED) is 0.363. The van der Waals surface area contributed by atoms with Gasteiger partial charge in [-0.2, -0.15) is 11.8 Å². The van der Waals surface area contributed by atoms with Crippen LogP contribution in [0.4, 0.5) is 0 Å². The van der Waals surface area contributed by atoms with Gasteiger partial charge < -0.3 is 10.6 Å². The summed E-state index contributed by atoms with van der Waals surface area (Å²) < 4.78 is 0.356. The highest BCUT2D eigenvalue weighted by molar-refractivity contribution is 14.0. The van der Waals surface area contributed by atoms with Crippen LogP contribution in [0.5, 0.6) is 0 Å². The number of nitrogens with zero attached hydrogens (tertiary/aromatic N) is 2. The molecule has 2 aliphatic rings. The average molecular weight is 488 g/mol. The van der Waals surface area contributed by atoms with Gasteiger partial charge in [-0.25, -0.2) is 0 Å². The summed E-state index contributed by atoms with van der Waals surface area (Å²) in [7, 11) is 1.85. The maximum atomic E-state index is 4.36. The van der Waals surface area contributed by atoms with Crippen molar-refractivity contribution in [2.24, 2.45) is 4.99 Å². The SMILES string of the molecule is CN=C(NCc1ccc(CN2CCCC2)cc1)NCC1(C)CCCS1.I. The molecule has 6 heteroatoms. The minimum Gasteiger partial charge on any atom is -0.355 e. The third-order valence-electron chi connectivity index (χ3n) is 5.24. The normalized spacial score (nSPS) is 23.7. The van der Waals surface area contributed by atoms with Gasteiger partial charge in [0.05, 0.1) is 0 Å². The molecule has 1 unspecified atom stereocenters. The van der Waals surface area contributed by atoms with Gasteiger partial charge in [-0.15, -0.1) is 24.0 Å². The molecule has 1 aromatic carbocycles. The molecule has 4 nitrogen and oxygen atoms in total. The number of rotatable bonds is 6. The Hall–Kier alpha value is -0.470. The van der Waals surface area contributed by atoms with Crippen molar-refractivity contribution in [2.75, 3.05) is 32.4 Å². The molecule has 0 aliphatic carbocycles. The van der Waals surface area contributed by atoms with Gasteiger partial charge in [0, 0.05) is 31.4 Å². The lowest BCUT2D eigenvalue weighted by Gasteiger charge is -2.24. The fourth-order valence-electron chi connectivity index (χ4n) is 3.61. The van der Waals surface area contributed by atoms with Gasteiger partial charge in [0.1, 0.15) is 0 Å². The molecule has 0 saturated carbocycles. The molecule has 1 atom stereocenters. The van der Waals surface area contributed by atoms with E-state index < -0.39 is 0 Å². The third-order valence-corrected chi connectivity index (χ3v) is 6.78. The predicted octanol–water partition coefficient (Wildman–Crippen LogP) is 3.85. The second-order valence-electron chi connectivity index (χ2n) is 7.48. The molecule has 1 aromatic rings. The Kier molecular flexibility index (Phi) is 9.03. The molecule has 146 valence electrons. The Morgan fingerprint density at radius 3 is 2.42 bits per heavy atom. The summed E-state index contributed by atoms with van der Waals surface area (Å²) in [6.07, 6.45) is 5.33. The first-order chi connectivity index (χ1) is 12.2. The highest BCUT2D eigenvalue weighted by atomic mass is 127. The minimum atomic E-state index is 0. The van der Waals surface area contributed by atoms with Crippen molar-refractivity contribution in [3.8, 4) is 0 Å². The van der Waals surface area contributed by atoms with Crippen molar-refractivity contribution < 1.29 is 0 Å². The molecular weight excluding hydrogens is 455 g/mol. The molecule has 0 aromatic heterocycles. The first kappa shape index (κ1) is 21.8. The number of aliphatic imine (C=N–C) groups is 1. The Morgan fingerprint density at radius 1 is 1.12 bits per heavy atom. The van der Waals surface area contributed by atoms with Crippen LogP contribution in [-0.4, -0.2) is 48.0 Å². The van der Waals surface area contributed by atoms with Crippen LogP contribution in [-0.2, 0) is 13.1 Å². The topological polar surface area (TPSA) is 39.7 Å². The number of nitrogens with one attached hydrogen (secondary N) is 2. The smallest absolute Gasteiger partial charge is 0.191 e. The second-order valence-corrected chi connectivity index (χ2v) is 9.16. The zero-order chi connectivity index (χ0) is 17.5. The summed E-state index contributed by atoms with van der Waals surface area (Å²) in [4.78, 5) is 6.90. The molecule has 0 spiro atoms. The van der Waals surface area contributed by atoms with Crippen LogP contribution in [0, 0.1) is 0 Å². The van der Waals surface area contributed by atoms with Crippen molar-refractivity contribution in [1.29, 1.82) is 0 Å². The number of thioether (sulfide) groups is 1. The van der Waals surface area contributed by atoms with E-state index in [9.17, 15) is 0 Å². The van der Waals surface area contributed by atoms with E-state index in [0.29, 0.717) is 4.75 Å². The van der Waals surface area contributed by atoms with E-state index in [0.717, 1.165) is 25.6 Å². The van der Waals surface area contributed by atoms with Gasteiger partial charge in [-0.1, -0.05) is 24.3 Å². The van der Waals surface area contributed by atoms with Gasteiger partial charge in [-0.05, 0) is 62.6 Å². The fourth-order valence-corrected chi connectivity index (χ4v) is 4.86. The zero-order valence-corrected chi connectivity index (χ0v) is 19.2. The maximum absolute atomic E-state index is 4.36. The Bertz CT molecular complexity index is 564. The van der Waals surface area contributed by atoms with E-state index in [-0.39, 0.29) is 24.0 Å². The van der Waals surface area contributed by atoms with E-state index in [2.05, 4.69) is 63.5 Å². The lowest BCUT2D eigenvalue weighted by molar-refractivity contribution is 0.331. The maximum Gasteiger partial charge on any atom is 0.191 e. The van der Waals surface area contributed by atoms with E-state index in [4.69, 9.17) is 0 Å². The van der Waals surface area contributed by atoms with Crippen molar-refractivity contribution in [3.63, 3.8) is 0 Å². The van der Waals surface area contributed by atoms with Crippen molar-refractivity contribution in [1.82, 2.24) is 15.5 Å². The highest BCUT2D eigenvalue weighted by Gasteiger charge is 2.29. The molecule has 2 fully saturated rings. The average Bonchev–Trinajstić information content (AvgIpc) is 3.29. The van der Waals surface area contributed by atoms with Crippen LogP contribution in [0.3, 0.4) is 0 Å². The summed E-state index contributed by atoms with van der Waals surface area (Å²) in [6.45, 7) is 7.74. The van der Waals surface area contributed by atoms with Crippen LogP contribution >= 0.6 is 35.7 Å². The number of guanidine groups is 1. The van der Waals surface area contributed by atoms with Gasteiger partial charge in [-0.3, -0.25) is 9.89 Å². The van der Waals surface area contributed by atoms with Crippen LogP contribution in [0.25, 0.3) is 0 Å². The third kappa shape index (κ3) is 6.60. The van der Waals surface area contributed by atoms with Crippen LogP contribution in [0.15, 0.2) is 29.3 Å². The standard InChI is InChI=1S/C20H32N4S.HI/c1-20(10-5-13-25-20)16-23-19(21-2)22-14-17-6-8-18(9-7-17)15-24-11-3-4-12-24;/h6-9H,3-5,10-16H2,1-2H3,(H2,21,22,23);1H. The molecule has 2 N–H and O–H groups in total. The molecule has 2 aliphatic heterocycles. The fraction of sp³-hybridized carbons (Fsp3) is 0.650. The predicted molar refractivity (Wildman–Crippen MR) is 125 cm³/mol. The van der Waals surface area contributed by atoms with Crippen molar-refractivity contribution in [2.45, 2.75) is 50.4 Å². The summed E-state index contributed by atoms with van der Waals surface area (Å²) in [6, 6.07) is 9.00. The molecule has 0 amide bonds. The highest BCUT2D eigenvalue weighted by Crippen LogP contribution is 2.36. The summed E-state index contributed by atoms with van der Waals surface area (Å²) in [5.74, 6) is 2.18. The number of hydrogen-bond acceptors (Lipinski definition) is 3. The number of halogens is 1. The van der Waals surface area contributed by atoms with Gasteiger partial charge in [0.2, 0.25) is 0 Å². The van der Waals surface area contributed by atoms with Crippen LogP contribution in [0.1, 0.15) is 43.7 Å². The monoisotopic (exact) mass is 488 g/mol. The Labute approximate surface area is 180 Å². The lowest BCUT2D eigenvalue weighted by atomic mass is 10.1. The first-order valence-electron chi connectivity index (χ1n) is 9.55. The summed E-state index contributed by atoms with van der Waals surface area (Å²) >= 11 is 2.08. The van der Waals surface area contributed by atoms with Crippen LogP contribution < -0.4 is 10.6 Å². The zero-order valence-electron chi connectivity index (χ0n) is 16.1. The Morgan fingerprint density at radius 2 is 1.81 bits per heavy atom.